The summed E-state index contributed by atoms with van der Waals surface area (Å²) in [7, 11) is -9.99. The Morgan fingerprint density at radius 1 is 0.794 bits per heavy atom. The van der Waals surface area contributed by atoms with Gasteiger partial charge in [0.15, 0.2) is 5.75 Å². The van der Waals surface area contributed by atoms with Crippen LogP contribution in [0.4, 0.5) is 11.4 Å². The Kier molecular flexibility index (Phi) is 11.4. The zero-order valence-electron chi connectivity index (χ0n) is 18.4. The van der Waals surface area contributed by atoms with Gasteiger partial charge in [0, 0.05) is 11.1 Å². The quantitative estimate of drug-likeness (QED) is 0.121. The van der Waals surface area contributed by atoms with E-state index in [1.54, 1.807) is 30.3 Å². The van der Waals surface area contributed by atoms with Gasteiger partial charge in [-0.05, 0) is 23.6 Å². The monoisotopic (exact) mass is 524 g/mol. The Balaban J connectivity index is 0.00000193. The molecule has 0 unspecified atom stereocenters. The van der Waals surface area contributed by atoms with Crippen LogP contribution < -0.4 is 88.7 Å². The van der Waals surface area contributed by atoms with Crippen molar-refractivity contribution < 1.29 is 120 Å². The van der Waals surface area contributed by atoms with Crippen LogP contribution in [0.5, 0.6) is 5.75 Å². The van der Waals surface area contributed by atoms with E-state index in [1.165, 1.54) is 6.07 Å². The first-order valence-corrected chi connectivity index (χ1v) is 11.4. The molecule has 158 valence electrons. The molecule has 0 spiro atoms. The molecule has 0 heterocycles. The summed E-state index contributed by atoms with van der Waals surface area (Å²) < 4.78 is 68.8. The molecule has 9 nitrogen and oxygen atoms in total. The van der Waals surface area contributed by atoms with E-state index in [0.29, 0.717) is 11.1 Å². The molecular formula is C20H11N2Na3O7S2. The van der Waals surface area contributed by atoms with Gasteiger partial charge in [0.2, 0.25) is 0 Å². The van der Waals surface area contributed by atoms with Crippen LogP contribution in [0.25, 0.3) is 21.5 Å². The summed E-state index contributed by atoms with van der Waals surface area (Å²) in [5.74, 6) is -0.934. The molecule has 1 N–H and O–H groups in total. The van der Waals surface area contributed by atoms with Gasteiger partial charge in [-0.15, -0.1) is 40.8 Å². The third kappa shape index (κ3) is 6.68. The van der Waals surface area contributed by atoms with Gasteiger partial charge < -0.3 is 14.2 Å². The van der Waals surface area contributed by atoms with E-state index < -0.39 is 35.8 Å². The minimum atomic E-state index is -5.15. The summed E-state index contributed by atoms with van der Waals surface area (Å²) in [6.45, 7) is 0. The van der Waals surface area contributed by atoms with Crippen LogP contribution in [0.2, 0.25) is 0 Å². The van der Waals surface area contributed by atoms with Crippen LogP contribution in [0.15, 0.2) is 80.7 Å². The summed E-state index contributed by atoms with van der Waals surface area (Å²) >= 11 is 0. The predicted molar refractivity (Wildman–Crippen MR) is 108 cm³/mol. The summed E-state index contributed by atoms with van der Waals surface area (Å²) in [6.07, 6.45) is 0. The van der Waals surface area contributed by atoms with Crippen molar-refractivity contribution in [1.29, 1.82) is 0 Å². The largest absolute Gasteiger partial charge is 1.00 e. The van der Waals surface area contributed by atoms with Crippen molar-refractivity contribution in [3.05, 3.63) is 66.7 Å². The van der Waals surface area contributed by atoms with E-state index in [2.05, 4.69) is 16.3 Å². The molecule has 0 radical (unpaired) electrons. The SMILES string of the molecule is O=S(=O)([O-])c1ccc2c(N=Nc3cc[c-]c4ccccc34)c(O)c(S(=O)(=O)[O-])cc2c1.[Na+].[Na+].[Na+]. The van der Waals surface area contributed by atoms with Gasteiger partial charge in [-0.3, -0.25) is 0 Å². The van der Waals surface area contributed by atoms with Crippen LogP contribution in [0, 0.1) is 6.07 Å². The zero-order valence-corrected chi connectivity index (χ0v) is 26.0. The zero-order chi connectivity index (χ0) is 22.4. The average molecular weight is 524 g/mol. The Morgan fingerprint density at radius 3 is 2.12 bits per heavy atom. The van der Waals surface area contributed by atoms with Crippen molar-refractivity contribution in [2.45, 2.75) is 9.79 Å². The molecule has 0 aliphatic carbocycles. The van der Waals surface area contributed by atoms with E-state index in [0.717, 1.165) is 23.6 Å². The number of phenolic OH excluding ortho intramolecular Hbond substituents is 1. The third-order valence-corrected chi connectivity index (χ3v) is 6.20. The topological polar surface area (TPSA) is 159 Å². The molecule has 4 rings (SSSR count). The van der Waals surface area contributed by atoms with Crippen LogP contribution in [0.3, 0.4) is 0 Å². The number of fused-ring (bicyclic) bond motifs is 2. The van der Waals surface area contributed by atoms with Gasteiger partial charge >= 0.3 is 88.7 Å². The molecule has 0 aromatic heterocycles. The summed E-state index contributed by atoms with van der Waals surface area (Å²) in [5.41, 5.74) is 0.0229. The molecule has 0 aliphatic heterocycles. The summed E-state index contributed by atoms with van der Waals surface area (Å²) in [6, 6.07) is 17.2. The molecule has 0 bridgehead atoms. The van der Waals surface area contributed by atoms with Crippen molar-refractivity contribution in [1.82, 2.24) is 0 Å². The maximum atomic E-state index is 11.6. The Bertz CT molecular complexity index is 1600. The molecule has 0 amide bonds. The fourth-order valence-electron chi connectivity index (χ4n) is 3.10. The fraction of sp³-hybridized carbons (Fsp3) is 0. The van der Waals surface area contributed by atoms with Crippen molar-refractivity contribution in [3.8, 4) is 5.75 Å². The van der Waals surface area contributed by atoms with Crippen LogP contribution in [0.1, 0.15) is 0 Å². The summed E-state index contributed by atoms with van der Waals surface area (Å²) in [5, 5.41) is 19.9. The second-order valence-corrected chi connectivity index (χ2v) is 9.20. The number of phenols is 1. The average Bonchev–Trinajstić information content (AvgIpc) is 2.71. The van der Waals surface area contributed by atoms with Crippen LogP contribution in [-0.4, -0.2) is 31.0 Å². The molecule has 0 saturated heterocycles. The number of hydrogen-bond acceptors (Lipinski definition) is 9. The Hall–Kier alpha value is -0.380. The minimum absolute atomic E-state index is 0. The Morgan fingerprint density at radius 2 is 1.47 bits per heavy atom. The maximum Gasteiger partial charge on any atom is 1.00 e. The Labute approximate surface area is 262 Å². The molecule has 0 fully saturated rings. The van der Waals surface area contributed by atoms with Gasteiger partial charge in [0.25, 0.3) is 0 Å². The first-order chi connectivity index (χ1) is 14.6. The number of rotatable bonds is 4. The number of aromatic hydroxyl groups is 1. The minimum Gasteiger partial charge on any atom is -0.744 e. The van der Waals surface area contributed by atoms with E-state index in [9.17, 15) is 31.0 Å². The van der Waals surface area contributed by atoms with Gasteiger partial charge in [0.1, 0.15) is 25.9 Å². The summed E-state index contributed by atoms with van der Waals surface area (Å²) in [4.78, 5) is -1.65. The van der Waals surface area contributed by atoms with Crippen molar-refractivity contribution in [3.63, 3.8) is 0 Å². The molecule has 0 saturated carbocycles. The normalized spacial score (nSPS) is 11.6. The number of benzene rings is 4. The number of azo groups is 1. The second kappa shape index (κ2) is 12.2. The second-order valence-electron chi connectivity index (χ2n) is 6.47. The first kappa shape index (κ1) is 31.6. The van der Waals surface area contributed by atoms with Crippen molar-refractivity contribution >= 4 is 53.2 Å². The van der Waals surface area contributed by atoms with Crippen molar-refractivity contribution in [2.24, 2.45) is 10.2 Å². The third-order valence-electron chi connectivity index (χ3n) is 4.52. The van der Waals surface area contributed by atoms with E-state index in [4.69, 9.17) is 0 Å². The first-order valence-electron chi connectivity index (χ1n) is 8.58. The van der Waals surface area contributed by atoms with Crippen molar-refractivity contribution in [2.75, 3.05) is 0 Å². The van der Waals surface area contributed by atoms with Crippen LogP contribution in [-0.2, 0) is 20.2 Å². The standard InChI is InChI=1S/C20H13N2O7S2.3Na/c23-20-18(31(27,28)29)11-13-10-14(30(24,25)26)8-9-16(13)19(20)22-21-17-7-3-5-12-4-1-2-6-15(12)17;;;/h1-4,6-11,23H,(H,24,25,26)(H,27,28,29);;;/q-1;3*+1/p-2. The van der Waals surface area contributed by atoms with Gasteiger partial charge in [-0.25, -0.2) is 16.8 Å². The van der Waals surface area contributed by atoms with Gasteiger partial charge in [-0.2, -0.15) is 5.11 Å². The molecular weight excluding hydrogens is 513 g/mol. The number of nitrogens with zero attached hydrogens (tertiary/aromatic N) is 2. The molecule has 4 aromatic rings. The van der Waals surface area contributed by atoms with E-state index in [1.807, 2.05) is 6.07 Å². The molecule has 0 aliphatic rings. The van der Waals surface area contributed by atoms with E-state index >= 15 is 0 Å². The van der Waals surface area contributed by atoms with E-state index in [-0.39, 0.29) is 105 Å². The predicted octanol–water partition coefficient (Wildman–Crippen LogP) is -5.27. The molecule has 4 aromatic carbocycles. The molecule has 0 atom stereocenters. The van der Waals surface area contributed by atoms with Gasteiger partial charge in [0.05, 0.1) is 9.79 Å². The maximum absolute atomic E-state index is 11.6. The fourth-order valence-corrected chi connectivity index (χ4v) is 4.21. The van der Waals surface area contributed by atoms with Crippen LogP contribution >= 0.6 is 0 Å². The molecule has 34 heavy (non-hydrogen) atoms. The molecule has 14 heteroatoms. The number of hydrogen-bond donors (Lipinski definition) is 1. The van der Waals surface area contributed by atoms with Gasteiger partial charge in [-0.1, -0.05) is 23.6 Å². The smallest absolute Gasteiger partial charge is 0.744 e.